The lowest BCUT2D eigenvalue weighted by molar-refractivity contribution is -0.139. The summed E-state index contributed by atoms with van der Waals surface area (Å²) in [6.45, 7) is 6.36. The largest absolute Gasteiger partial charge is 0.490 e. The molecule has 162 valence electrons. The van der Waals surface area contributed by atoms with Crippen LogP contribution in [-0.4, -0.2) is 72.9 Å². The Morgan fingerprint density at radius 3 is 2.57 bits per heavy atom. The molecule has 8 nitrogen and oxygen atoms in total. The highest BCUT2D eigenvalue weighted by Gasteiger charge is 2.37. The first-order valence-corrected chi connectivity index (χ1v) is 11.5. The van der Waals surface area contributed by atoms with Gasteiger partial charge in [-0.1, -0.05) is 0 Å². The third kappa shape index (κ3) is 5.27. The van der Waals surface area contributed by atoms with Gasteiger partial charge in [-0.25, -0.2) is 0 Å². The van der Waals surface area contributed by atoms with E-state index in [2.05, 4.69) is 22.6 Å². The molecule has 2 aliphatic rings. The summed E-state index contributed by atoms with van der Waals surface area (Å²) in [5.74, 6) is 0.519. The van der Waals surface area contributed by atoms with Gasteiger partial charge < -0.3 is 19.1 Å². The van der Waals surface area contributed by atoms with Gasteiger partial charge in [-0.3, -0.25) is 19.3 Å². The highest BCUT2D eigenvalue weighted by molar-refractivity contribution is 14.1. The summed E-state index contributed by atoms with van der Waals surface area (Å²) in [4.78, 5) is 40.4. The molecule has 0 spiro atoms. The van der Waals surface area contributed by atoms with Gasteiger partial charge >= 0.3 is 0 Å². The molecule has 0 aromatic heterocycles. The highest BCUT2D eigenvalue weighted by atomic mass is 127. The van der Waals surface area contributed by atoms with Crippen molar-refractivity contribution in [1.82, 2.24) is 9.80 Å². The van der Waals surface area contributed by atoms with Crippen LogP contribution in [0.2, 0.25) is 0 Å². The Morgan fingerprint density at radius 2 is 1.90 bits per heavy atom. The summed E-state index contributed by atoms with van der Waals surface area (Å²) >= 11 is 2.98. The second-order valence-electron chi connectivity index (χ2n) is 6.46. The van der Waals surface area contributed by atoms with E-state index in [1.165, 1.54) is 0 Å². The summed E-state index contributed by atoms with van der Waals surface area (Å²) in [6, 6.07) is 3.64. The van der Waals surface area contributed by atoms with Gasteiger partial charge in [-0.15, -0.1) is 0 Å². The van der Waals surface area contributed by atoms with Crippen molar-refractivity contribution in [2.24, 2.45) is 0 Å². The summed E-state index contributed by atoms with van der Waals surface area (Å²) in [7, 11) is 0. The van der Waals surface area contributed by atoms with Gasteiger partial charge in [0.25, 0.3) is 11.1 Å². The number of morpholine rings is 1. The molecule has 1 aromatic rings. The maximum absolute atomic E-state index is 12.8. The van der Waals surface area contributed by atoms with Crippen LogP contribution >= 0.6 is 34.4 Å². The summed E-state index contributed by atoms with van der Waals surface area (Å²) < 4.78 is 17.4. The average molecular weight is 546 g/mol. The van der Waals surface area contributed by atoms with Crippen LogP contribution in [0.25, 0.3) is 6.08 Å². The van der Waals surface area contributed by atoms with Crippen molar-refractivity contribution in [3.63, 3.8) is 0 Å². The van der Waals surface area contributed by atoms with E-state index >= 15 is 0 Å². The minimum Gasteiger partial charge on any atom is -0.490 e. The molecular formula is C20H23IN2O6S. The molecule has 1 aromatic carbocycles. The van der Waals surface area contributed by atoms with Crippen molar-refractivity contribution >= 4 is 57.5 Å². The second-order valence-corrected chi connectivity index (χ2v) is 8.61. The van der Waals surface area contributed by atoms with Gasteiger partial charge in [-0.2, -0.15) is 0 Å². The third-order valence-electron chi connectivity index (χ3n) is 4.45. The smallest absolute Gasteiger partial charge is 0.294 e. The van der Waals surface area contributed by atoms with Gasteiger partial charge in [-0.05, 0) is 72.0 Å². The minimum atomic E-state index is -0.464. The van der Waals surface area contributed by atoms with Crippen LogP contribution in [0.4, 0.5) is 4.79 Å². The number of hydrogen-bond acceptors (Lipinski definition) is 7. The fraction of sp³-hybridized carbons (Fsp3) is 0.450. The molecule has 0 atom stereocenters. The monoisotopic (exact) mass is 546 g/mol. The summed E-state index contributed by atoms with van der Waals surface area (Å²) in [5, 5.41) is -0.446. The lowest BCUT2D eigenvalue weighted by atomic mass is 10.2. The molecular weight excluding hydrogens is 523 g/mol. The van der Waals surface area contributed by atoms with Gasteiger partial charge in [0.1, 0.15) is 6.54 Å². The minimum absolute atomic E-state index is 0.254. The van der Waals surface area contributed by atoms with Crippen molar-refractivity contribution in [3.05, 3.63) is 26.2 Å². The van der Waals surface area contributed by atoms with E-state index in [-0.39, 0.29) is 17.4 Å². The average Bonchev–Trinajstić information content (AvgIpc) is 2.98. The van der Waals surface area contributed by atoms with E-state index in [4.69, 9.17) is 14.2 Å². The molecule has 0 radical (unpaired) electrons. The molecule has 2 fully saturated rings. The van der Waals surface area contributed by atoms with Crippen molar-refractivity contribution in [3.8, 4) is 11.5 Å². The third-order valence-corrected chi connectivity index (χ3v) is 6.16. The van der Waals surface area contributed by atoms with E-state index < -0.39 is 11.1 Å². The first-order chi connectivity index (χ1) is 14.4. The number of thioether (sulfide) groups is 1. The molecule has 3 amide bonds. The van der Waals surface area contributed by atoms with Crippen molar-refractivity contribution in [1.29, 1.82) is 0 Å². The highest BCUT2D eigenvalue weighted by Crippen LogP contribution is 2.37. The Hall–Kier alpha value is -1.79. The predicted molar refractivity (Wildman–Crippen MR) is 122 cm³/mol. The Bertz CT molecular complexity index is 869. The number of rotatable bonds is 7. The van der Waals surface area contributed by atoms with Crippen molar-refractivity contribution in [2.75, 3.05) is 46.1 Å². The number of halogens is 1. The van der Waals surface area contributed by atoms with E-state index in [1.54, 1.807) is 17.0 Å². The Kier molecular flexibility index (Phi) is 8.00. The number of hydrogen-bond donors (Lipinski definition) is 0. The first kappa shape index (κ1) is 22.9. The quantitative estimate of drug-likeness (QED) is 0.384. The maximum Gasteiger partial charge on any atom is 0.294 e. The molecule has 3 rings (SSSR count). The molecule has 0 saturated carbocycles. The van der Waals surface area contributed by atoms with E-state index in [0.717, 1.165) is 25.8 Å². The normalized spacial score (nSPS) is 18.3. The van der Waals surface area contributed by atoms with Gasteiger partial charge in [0.05, 0.1) is 34.9 Å². The zero-order valence-corrected chi connectivity index (χ0v) is 19.8. The zero-order chi connectivity index (χ0) is 21.7. The molecule has 30 heavy (non-hydrogen) atoms. The number of ether oxygens (including phenoxy) is 3. The van der Waals surface area contributed by atoms with Crippen LogP contribution < -0.4 is 9.47 Å². The molecule has 10 heteroatoms. The lowest BCUT2D eigenvalue weighted by Gasteiger charge is -2.28. The van der Waals surface area contributed by atoms with Crippen LogP contribution in [0.15, 0.2) is 17.0 Å². The summed E-state index contributed by atoms with van der Waals surface area (Å²) in [6.07, 6.45) is 1.64. The number of benzene rings is 1. The number of carbonyl (C=O) groups excluding carboxylic acids is 3. The van der Waals surface area contributed by atoms with Crippen LogP contribution in [-0.2, 0) is 14.3 Å². The molecule has 2 aliphatic heterocycles. The molecule has 2 saturated heterocycles. The summed E-state index contributed by atoms with van der Waals surface area (Å²) in [5.41, 5.74) is 0.719. The molecule has 2 heterocycles. The predicted octanol–water partition coefficient (Wildman–Crippen LogP) is 2.98. The zero-order valence-electron chi connectivity index (χ0n) is 16.8. The van der Waals surface area contributed by atoms with E-state index in [9.17, 15) is 14.4 Å². The molecule has 0 unspecified atom stereocenters. The van der Waals surface area contributed by atoms with Crippen molar-refractivity contribution < 1.29 is 28.6 Å². The van der Waals surface area contributed by atoms with Crippen LogP contribution in [0.3, 0.4) is 0 Å². The molecule has 0 bridgehead atoms. The first-order valence-electron chi connectivity index (χ1n) is 9.64. The maximum atomic E-state index is 12.8. The Labute approximate surface area is 193 Å². The van der Waals surface area contributed by atoms with Gasteiger partial charge in [0.15, 0.2) is 11.5 Å². The molecule has 0 N–H and O–H groups in total. The van der Waals surface area contributed by atoms with Crippen LogP contribution in [0.1, 0.15) is 19.4 Å². The van der Waals surface area contributed by atoms with Crippen molar-refractivity contribution in [2.45, 2.75) is 13.8 Å². The number of nitrogens with zero attached hydrogens (tertiary/aromatic N) is 2. The fourth-order valence-electron chi connectivity index (χ4n) is 3.05. The Morgan fingerprint density at radius 1 is 1.20 bits per heavy atom. The SMILES string of the molecule is CCOc1cc(/C=C2/SC(=O)N(CC(=O)N3CCOCC3)C2=O)cc(I)c1OCC. The molecule has 0 aliphatic carbocycles. The second kappa shape index (κ2) is 10.5. The fourth-order valence-corrected chi connectivity index (χ4v) is 4.67. The lowest BCUT2D eigenvalue weighted by Crippen LogP contribution is -2.46. The van der Waals surface area contributed by atoms with Crippen LogP contribution in [0, 0.1) is 3.57 Å². The van der Waals surface area contributed by atoms with Gasteiger partial charge in [0.2, 0.25) is 5.91 Å². The van der Waals surface area contributed by atoms with E-state index in [1.807, 2.05) is 19.9 Å². The Balaban J connectivity index is 1.78. The number of amides is 3. The standard InChI is InChI=1S/C20H23IN2O6S/c1-3-28-15-10-13(9-14(21)18(15)29-4-2)11-16-19(25)23(20(26)30-16)12-17(24)22-5-7-27-8-6-22/h9-11H,3-8,12H2,1-2H3/b16-11+. The van der Waals surface area contributed by atoms with E-state index in [0.29, 0.717) is 51.0 Å². The van der Waals surface area contributed by atoms with Crippen LogP contribution in [0.5, 0.6) is 11.5 Å². The number of imide groups is 1. The number of carbonyl (C=O) groups is 3. The topological polar surface area (TPSA) is 85.4 Å². The van der Waals surface area contributed by atoms with Gasteiger partial charge in [0, 0.05) is 13.1 Å².